The van der Waals surface area contributed by atoms with E-state index in [9.17, 15) is 0 Å². The Balaban J connectivity index is 2.05. The van der Waals surface area contributed by atoms with Crippen molar-refractivity contribution in [3.05, 3.63) is 5.69 Å². The zero-order valence-corrected chi connectivity index (χ0v) is 11.1. The first-order valence-electron chi connectivity index (χ1n) is 6.57. The van der Waals surface area contributed by atoms with Crippen LogP contribution in [-0.2, 0) is 7.05 Å². The van der Waals surface area contributed by atoms with E-state index >= 15 is 0 Å². The van der Waals surface area contributed by atoms with Crippen LogP contribution < -0.4 is 10.5 Å². The maximum absolute atomic E-state index is 6.05. The van der Waals surface area contributed by atoms with Gasteiger partial charge in [0.1, 0.15) is 11.8 Å². The highest BCUT2D eigenvalue weighted by Crippen LogP contribution is 2.32. The Bertz CT molecular complexity index is 386. The predicted molar refractivity (Wildman–Crippen MR) is 69.0 cm³/mol. The number of ether oxygens (including phenoxy) is 1. The molecule has 96 valence electrons. The molecular formula is C13H23N3O. The summed E-state index contributed by atoms with van der Waals surface area (Å²) in [5.74, 6) is 1.55. The van der Waals surface area contributed by atoms with Crippen molar-refractivity contribution < 1.29 is 4.74 Å². The summed E-state index contributed by atoms with van der Waals surface area (Å²) in [5, 5.41) is 4.28. The molecule has 4 heteroatoms. The van der Waals surface area contributed by atoms with Crippen molar-refractivity contribution in [1.82, 2.24) is 9.78 Å². The molecule has 0 spiro atoms. The van der Waals surface area contributed by atoms with Gasteiger partial charge in [-0.2, -0.15) is 5.10 Å². The molecule has 1 fully saturated rings. The number of nitrogens with zero attached hydrogens (tertiary/aromatic N) is 2. The van der Waals surface area contributed by atoms with Crippen LogP contribution in [0, 0.1) is 12.8 Å². The van der Waals surface area contributed by atoms with Crippen molar-refractivity contribution in [1.29, 1.82) is 0 Å². The summed E-state index contributed by atoms with van der Waals surface area (Å²) in [5.41, 5.74) is 7.52. The Morgan fingerprint density at radius 3 is 2.82 bits per heavy atom. The molecule has 1 saturated carbocycles. The first-order chi connectivity index (χ1) is 8.11. The van der Waals surface area contributed by atoms with E-state index in [1.165, 1.54) is 19.3 Å². The smallest absolute Gasteiger partial charge is 0.236 e. The molecule has 0 saturated heterocycles. The fourth-order valence-corrected chi connectivity index (χ4v) is 2.67. The molecule has 1 aliphatic carbocycles. The SMILES string of the molecule is CCC1CCCC(Oc2c(N)c(C)nn2C)C1. The number of nitrogens with two attached hydrogens (primary N) is 1. The van der Waals surface area contributed by atoms with Crippen molar-refractivity contribution in [2.75, 3.05) is 5.73 Å². The van der Waals surface area contributed by atoms with Crippen molar-refractivity contribution in [2.24, 2.45) is 13.0 Å². The molecule has 0 radical (unpaired) electrons. The van der Waals surface area contributed by atoms with Crippen LogP contribution in [0.2, 0.25) is 0 Å². The van der Waals surface area contributed by atoms with E-state index < -0.39 is 0 Å². The van der Waals surface area contributed by atoms with Gasteiger partial charge < -0.3 is 10.5 Å². The highest BCUT2D eigenvalue weighted by molar-refractivity contribution is 5.52. The third-order valence-corrected chi connectivity index (χ3v) is 3.80. The quantitative estimate of drug-likeness (QED) is 0.879. The fraction of sp³-hybridized carbons (Fsp3) is 0.769. The Morgan fingerprint density at radius 2 is 2.24 bits per heavy atom. The van der Waals surface area contributed by atoms with Crippen molar-refractivity contribution >= 4 is 5.69 Å². The van der Waals surface area contributed by atoms with Gasteiger partial charge in [-0.25, -0.2) is 4.68 Å². The number of hydrogen-bond donors (Lipinski definition) is 1. The van der Waals surface area contributed by atoms with E-state index in [4.69, 9.17) is 10.5 Å². The van der Waals surface area contributed by atoms with Gasteiger partial charge in [0.15, 0.2) is 0 Å². The molecule has 2 atom stereocenters. The van der Waals surface area contributed by atoms with Crippen LogP contribution in [0.3, 0.4) is 0 Å². The second kappa shape index (κ2) is 4.98. The van der Waals surface area contributed by atoms with E-state index in [1.54, 1.807) is 4.68 Å². The fourth-order valence-electron chi connectivity index (χ4n) is 2.67. The lowest BCUT2D eigenvalue weighted by atomic mass is 9.85. The maximum atomic E-state index is 6.05. The van der Waals surface area contributed by atoms with Gasteiger partial charge in [0, 0.05) is 7.05 Å². The standard InChI is InChI=1S/C13H23N3O/c1-4-10-6-5-7-11(8-10)17-13-12(14)9(2)15-16(13)3/h10-11H,4-8,14H2,1-3H3. The molecule has 1 heterocycles. The number of aromatic nitrogens is 2. The monoisotopic (exact) mass is 237 g/mol. The van der Waals surface area contributed by atoms with Crippen molar-refractivity contribution in [3.63, 3.8) is 0 Å². The number of hydrogen-bond acceptors (Lipinski definition) is 3. The van der Waals surface area contributed by atoms with E-state index in [0.717, 1.165) is 30.3 Å². The van der Waals surface area contributed by atoms with E-state index in [1.807, 2.05) is 14.0 Å². The summed E-state index contributed by atoms with van der Waals surface area (Å²) >= 11 is 0. The number of rotatable bonds is 3. The van der Waals surface area contributed by atoms with Gasteiger partial charge in [-0.05, 0) is 32.1 Å². The average Bonchev–Trinajstić information content (AvgIpc) is 2.56. The molecule has 4 nitrogen and oxygen atoms in total. The van der Waals surface area contributed by atoms with Crippen LogP contribution >= 0.6 is 0 Å². The zero-order chi connectivity index (χ0) is 12.4. The Kier molecular flexibility index (Phi) is 3.60. The second-order valence-electron chi connectivity index (χ2n) is 5.11. The van der Waals surface area contributed by atoms with E-state index in [2.05, 4.69) is 12.0 Å². The molecule has 0 aromatic carbocycles. The molecular weight excluding hydrogens is 214 g/mol. The summed E-state index contributed by atoms with van der Waals surface area (Å²) < 4.78 is 7.80. The molecule has 1 aliphatic rings. The molecule has 2 rings (SSSR count). The number of anilines is 1. The first-order valence-corrected chi connectivity index (χ1v) is 6.57. The summed E-state index contributed by atoms with van der Waals surface area (Å²) in [4.78, 5) is 0. The summed E-state index contributed by atoms with van der Waals surface area (Å²) in [6, 6.07) is 0. The molecule has 0 bridgehead atoms. The van der Waals surface area contributed by atoms with Gasteiger partial charge in [0.05, 0.1) is 5.69 Å². The van der Waals surface area contributed by atoms with Gasteiger partial charge in [0.2, 0.25) is 5.88 Å². The van der Waals surface area contributed by atoms with Gasteiger partial charge in [0.25, 0.3) is 0 Å². The summed E-state index contributed by atoms with van der Waals surface area (Å²) in [6.45, 7) is 4.17. The van der Waals surface area contributed by atoms with Crippen LogP contribution in [-0.4, -0.2) is 15.9 Å². The van der Waals surface area contributed by atoms with Crippen LogP contribution in [0.25, 0.3) is 0 Å². The largest absolute Gasteiger partial charge is 0.473 e. The normalized spacial score (nSPS) is 24.9. The molecule has 2 N–H and O–H groups in total. The van der Waals surface area contributed by atoms with Gasteiger partial charge in [-0.3, -0.25) is 0 Å². The first kappa shape index (κ1) is 12.3. The molecule has 0 aliphatic heterocycles. The van der Waals surface area contributed by atoms with Crippen LogP contribution in [0.5, 0.6) is 5.88 Å². The molecule has 1 aromatic rings. The molecule has 1 aromatic heterocycles. The Hall–Kier alpha value is -1.19. The topological polar surface area (TPSA) is 53.1 Å². The number of aryl methyl sites for hydroxylation is 2. The minimum atomic E-state index is 0.311. The van der Waals surface area contributed by atoms with Crippen molar-refractivity contribution in [3.8, 4) is 5.88 Å². The third-order valence-electron chi connectivity index (χ3n) is 3.80. The third kappa shape index (κ3) is 2.56. The highest BCUT2D eigenvalue weighted by atomic mass is 16.5. The average molecular weight is 237 g/mol. The molecule has 17 heavy (non-hydrogen) atoms. The van der Waals surface area contributed by atoms with E-state index in [-0.39, 0.29) is 0 Å². The summed E-state index contributed by atoms with van der Waals surface area (Å²) in [6.07, 6.45) is 6.46. The van der Waals surface area contributed by atoms with Crippen LogP contribution in [0.4, 0.5) is 5.69 Å². The van der Waals surface area contributed by atoms with Crippen LogP contribution in [0.1, 0.15) is 44.7 Å². The van der Waals surface area contributed by atoms with Gasteiger partial charge in [-0.15, -0.1) is 0 Å². The number of nitrogen functional groups attached to an aromatic ring is 1. The van der Waals surface area contributed by atoms with Gasteiger partial charge in [-0.1, -0.05) is 19.8 Å². The lowest BCUT2D eigenvalue weighted by Gasteiger charge is -2.28. The maximum Gasteiger partial charge on any atom is 0.236 e. The van der Waals surface area contributed by atoms with Gasteiger partial charge >= 0.3 is 0 Å². The Morgan fingerprint density at radius 1 is 1.47 bits per heavy atom. The minimum Gasteiger partial charge on any atom is -0.473 e. The predicted octanol–water partition coefficient (Wildman–Crippen LogP) is 2.66. The van der Waals surface area contributed by atoms with Crippen molar-refractivity contribution in [2.45, 2.75) is 52.1 Å². The lowest BCUT2D eigenvalue weighted by Crippen LogP contribution is -2.26. The zero-order valence-electron chi connectivity index (χ0n) is 11.1. The summed E-state index contributed by atoms with van der Waals surface area (Å²) in [7, 11) is 1.89. The lowest BCUT2D eigenvalue weighted by molar-refractivity contribution is 0.113. The minimum absolute atomic E-state index is 0.311. The molecule has 2 unspecified atom stereocenters. The molecule has 0 amide bonds. The Labute approximate surface area is 103 Å². The van der Waals surface area contributed by atoms with Crippen LogP contribution in [0.15, 0.2) is 0 Å². The van der Waals surface area contributed by atoms with E-state index in [0.29, 0.717) is 11.8 Å². The highest BCUT2D eigenvalue weighted by Gasteiger charge is 2.24. The second-order valence-corrected chi connectivity index (χ2v) is 5.11.